The second-order valence-electron chi connectivity index (χ2n) is 5.10. The smallest absolute Gasteiger partial charge is 0.159 e. The first-order valence-corrected chi connectivity index (χ1v) is 10.0. The number of H-pyrrole nitrogens is 1. The van der Waals surface area contributed by atoms with Crippen LogP contribution in [0.25, 0.3) is 10.9 Å². The van der Waals surface area contributed by atoms with E-state index in [2.05, 4.69) is 56.5 Å². The molecule has 116 valence electrons. The summed E-state index contributed by atoms with van der Waals surface area (Å²) < 4.78 is 0.883. The number of thioether (sulfide) groups is 1. The molecule has 2 aromatic heterocycles. The van der Waals surface area contributed by atoms with Crippen molar-refractivity contribution < 1.29 is 5.11 Å². The third-order valence-electron chi connectivity index (χ3n) is 3.77. The third-order valence-corrected chi connectivity index (χ3v) is 5.96. The first kappa shape index (κ1) is 16.1. The standard InChI is InChI=1S/C16H17BrN2OS2/c1-21-9-10-3-2-4-12-13(7-18-15(10)12)11(5-6-20)14-8-19-16(17)22-14/h2-4,7-8,11,18,20H,5-6,9H2,1H3. The van der Waals surface area contributed by atoms with E-state index in [4.69, 9.17) is 0 Å². The Morgan fingerprint density at radius 3 is 3.00 bits per heavy atom. The molecule has 6 heteroatoms. The van der Waals surface area contributed by atoms with Gasteiger partial charge < -0.3 is 10.1 Å². The van der Waals surface area contributed by atoms with Crippen LogP contribution in [0.2, 0.25) is 0 Å². The number of aliphatic hydroxyl groups excluding tert-OH is 1. The van der Waals surface area contributed by atoms with Crippen molar-refractivity contribution in [2.45, 2.75) is 18.1 Å². The normalized spacial score (nSPS) is 12.9. The van der Waals surface area contributed by atoms with Crippen LogP contribution >= 0.6 is 39.0 Å². The molecule has 0 radical (unpaired) electrons. The second-order valence-corrected chi connectivity index (χ2v) is 8.30. The lowest BCUT2D eigenvalue weighted by Crippen LogP contribution is -2.01. The van der Waals surface area contributed by atoms with E-state index in [-0.39, 0.29) is 12.5 Å². The number of nitrogens with one attached hydrogen (secondary N) is 1. The van der Waals surface area contributed by atoms with Gasteiger partial charge in [0, 0.05) is 46.5 Å². The maximum Gasteiger partial charge on any atom is 0.159 e. The van der Waals surface area contributed by atoms with Crippen molar-refractivity contribution in [1.29, 1.82) is 0 Å². The number of benzene rings is 1. The molecule has 3 nitrogen and oxygen atoms in total. The molecule has 0 amide bonds. The lowest BCUT2D eigenvalue weighted by Gasteiger charge is -2.13. The molecular formula is C16H17BrN2OS2. The Hall–Kier alpha value is -0.820. The average molecular weight is 397 g/mol. The van der Waals surface area contributed by atoms with Gasteiger partial charge in [-0.3, -0.25) is 0 Å². The Bertz CT molecular complexity index is 768. The number of aromatic amines is 1. The Balaban J connectivity index is 2.08. The van der Waals surface area contributed by atoms with Gasteiger partial charge >= 0.3 is 0 Å². The van der Waals surface area contributed by atoms with E-state index in [0.29, 0.717) is 6.42 Å². The van der Waals surface area contributed by atoms with Gasteiger partial charge in [-0.15, -0.1) is 11.3 Å². The van der Waals surface area contributed by atoms with Crippen molar-refractivity contribution in [3.63, 3.8) is 0 Å². The zero-order valence-electron chi connectivity index (χ0n) is 12.2. The fraction of sp³-hybridized carbons (Fsp3) is 0.312. The van der Waals surface area contributed by atoms with Gasteiger partial charge in [0.15, 0.2) is 3.92 Å². The molecule has 2 N–H and O–H groups in total. The number of rotatable bonds is 6. The quantitative estimate of drug-likeness (QED) is 0.630. The molecule has 0 aliphatic carbocycles. The fourth-order valence-corrected chi connectivity index (χ4v) is 4.82. The molecule has 0 spiro atoms. The number of hydrogen-bond acceptors (Lipinski definition) is 4. The summed E-state index contributed by atoms with van der Waals surface area (Å²) in [6.07, 6.45) is 6.81. The maximum atomic E-state index is 9.47. The Labute approximate surface area is 146 Å². The Morgan fingerprint density at radius 2 is 2.32 bits per heavy atom. The zero-order chi connectivity index (χ0) is 15.5. The summed E-state index contributed by atoms with van der Waals surface area (Å²) in [6.45, 7) is 0.164. The van der Waals surface area contributed by atoms with Gasteiger partial charge in [0.05, 0.1) is 0 Å². The number of hydrogen-bond donors (Lipinski definition) is 2. The molecule has 0 aliphatic rings. The summed E-state index contributed by atoms with van der Waals surface area (Å²) in [7, 11) is 0. The number of fused-ring (bicyclic) bond motifs is 1. The van der Waals surface area contributed by atoms with Gasteiger partial charge in [-0.1, -0.05) is 18.2 Å². The zero-order valence-corrected chi connectivity index (χ0v) is 15.4. The fourth-order valence-electron chi connectivity index (χ4n) is 2.81. The highest BCUT2D eigenvalue weighted by molar-refractivity contribution is 9.11. The van der Waals surface area contributed by atoms with E-state index in [1.54, 1.807) is 11.3 Å². The maximum absolute atomic E-state index is 9.47. The molecule has 0 saturated carbocycles. The van der Waals surface area contributed by atoms with Crippen LogP contribution in [0.4, 0.5) is 0 Å². The Kier molecular flexibility index (Phi) is 5.23. The van der Waals surface area contributed by atoms with Crippen LogP contribution in [0.5, 0.6) is 0 Å². The minimum absolute atomic E-state index is 0.164. The molecule has 0 aliphatic heterocycles. The van der Waals surface area contributed by atoms with Gasteiger partial charge in [-0.05, 0) is 39.7 Å². The molecule has 1 unspecified atom stereocenters. The van der Waals surface area contributed by atoms with Crippen LogP contribution in [0.1, 0.15) is 28.3 Å². The minimum Gasteiger partial charge on any atom is -0.396 e. The molecule has 1 aromatic carbocycles. The van der Waals surface area contributed by atoms with Gasteiger partial charge in [0.25, 0.3) is 0 Å². The SMILES string of the molecule is CSCc1cccc2c(C(CCO)c3cnc(Br)s3)c[nH]c12. The van der Waals surface area contributed by atoms with Crippen molar-refractivity contribution in [3.05, 3.63) is 50.5 Å². The third kappa shape index (κ3) is 3.11. The Morgan fingerprint density at radius 1 is 1.45 bits per heavy atom. The first-order chi connectivity index (χ1) is 10.7. The lowest BCUT2D eigenvalue weighted by atomic mass is 9.94. The molecule has 22 heavy (non-hydrogen) atoms. The van der Waals surface area contributed by atoms with Crippen LogP contribution in [0.15, 0.2) is 34.5 Å². The summed E-state index contributed by atoms with van der Waals surface area (Å²) in [4.78, 5) is 8.91. The van der Waals surface area contributed by atoms with Gasteiger partial charge in [0.2, 0.25) is 0 Å². The van der Waals surface area contributed by atoms with E-state index in [1.165, 1.54) is 26.9 Å². The van der Waals surface area contributed by atoms with Gasteiger partial charge in [-0.2, -0.15) is 11.8 Å². The number of thiazole rings is 1. The molecule has 3 rings (SSSR count). The molecule has 0 bridgehead atoms. The number of halogens is 1. The predicted octanol–water partition coefficient (Wildman–Crippen LogP) is 4.76. The largest absolute Gasteiger partial charge is 0.396 e. The molecule has 3 aromatic rings. The summed E-state index contributed by atoms with van der Waals surface area (Å²) in [5.74, 6) is 1.17. The van der Waals surface area contributed by atoms with Crippen LogP contribution in [-0.2, 0) is 5.75 Å². The molecule has 0 fully saturated rings. The highest BCUT2D eigenvalue weighted by atomic mass is 79.9. The number of aliphatic hydroxyl groups is 1. The van der Waals surface area contributed by atoms with E-state index >= 15 is 0 Å². The van der Waals surface area contributed by atoms with Crippen molar-refractivity contribution in [1.82, 2.24) is 9.97 Å². The van der Waals surface area contributed by atoms with E-state index < -0.39 is 0 Å². The summed E-state index contributed by atoms with van der Waals surface area (Å²) in [6, 6.07) is 6.44. The topological polar surface area (TPSA) is 48.9 Å². The number of para-hydroxylation sites is 1. The molecule has 1 atom stereocenters. The monoisotopic (exact) mass is 396 g/mol. The molecular weight excluding hydrogens is 380 g/mol. The summed E-state index contributed by atoms with van der Waals surface area (Å²) in [5, 5.41) is 10.7. The number of aromatic nitrogens is 2. The molecule has 2 heterocycles. The predicted molar refractivity (Wildman–Crippen MR) is 98.9 cm³/mol. The van der Waals surface area contributed by atoms with Crippen molar-refractivity contribution in [2.75, 3.05) is 12.9 Å². The van der Waals surface area contributed by atoms with Crippen LogP contribution in [0, 0.1) is 0 Å². The molecule has 0 saturated heterocycles. The number of nitrogens with zero attached hydrogens (tertiary/aromatic N) is 1. The average Bonchev–Trinajstić information content (AvgIpc) is 3.12. The minimum atomic E-state index is 0.164. The van der Waals surface area contributed by atoms with Crippen LogP contribution in [-0.4, -0.2) is 27.9 Å². The summed E-state index contributed by atoms with van der Waals surface area (Å²) in [5.41, 5.74) is 3.77. The highest BCUT2D eigenvalue weighted by Crippen LogP contribution is 2.37. The van der Waals surface area contributed by atoms with Crippen LogP contribution in [0.3, 0.4) is 0 Å². The van der Waals surface area contributed by atoms with E-state index in [1.807, 2.05) is 18.0 Å². The first-order valence-electron chi connectivity index (χ1n) is 7.04. The lowest BCUT2D eigenvalue weighted by molar-refractivity contribution is 0.282. The van der Waals surface area contributed by atoms with Crippen molar-refractivity contribution in [3.8, 4) is 0 Å². The van der Waals surface area contributed by atoms with Gasteiger partial charge in [0.1, 0.15) is 0 Å². The van der Waals surface area contributed by atoms with Crippen LogP contribution < -0.4 is 0 Å². The van der Waals surface area contributed by atoms with E-state index in [0.717, 1.165) is 9.67 Å². The van der Waals surface area contributed by atoms with Crippen molar-refractivity contribution in [2.24, 2.45) is 0 Å². The van der Waals surface area contributed by atoms with E-state index in [9.17, 15) is 5.11 Å². The second kappa shape index (κ2) is 7.17. The summed E-state index contributed by atoms with van der Waals surface area (Å²) >= 11 is 6.89. The van der Waals surface area contributed by atoms with Crippen molar-refractivity contribution >= 4 is 49.9 Å². The highest BCUT2D eigenvalue weighted by Gasteiger charge is 2.20. The van der Waals surface area contributed by atoms with Gasteiger partial charge in [-0.25, -0.2) is 4.98 Å².